The molecule has 0 saturated carbocycles. The third kappa shape index (κ3) is 3.64. The van der Waals surface area contributed by atoms with Gasteiger partial charge in [0.15, 0.2) is 0 Å². The van der Waals surface area contributed by atoms with E-state index in [1.54, 1.807) is 12.1 Å². The van der Waals surface area contributed by atoms with E-state index in [-0.39, 0.29) is 35.7 Å². The Labute approximate surface area is 156 Å². The number of hydrogen-bond acceptors (Lipinski definition) is 14. The first-order valence-electron chi connectivity index (χ1n) is 7.73. The molecule has 0 aliphatic heterocycles. The van der Waals surface area contributed by atoms with Crippen LogP contribution in [0.5, 0.6) is 0 Å². The first-order valence-corrected chi connectivity index (χ1v) is 7.73. The minimum Gasteiger partial charge on any atom is -0.470 e. The molecule has 0 fully saturated rings. The van der Waals surface area contributed by atoms with Gasteiger partial charge in [0.1, 0.15) is 18.2 Å². The quantitative estimate of drug-likeness (QED) is 0.293. The molecular formula is C14H14N12O2. The maximum Gasteiger partial charge on any atom is 0.256 e. The molecule has 0 aliphatic carbocycles. The summed E-state index contributed by atoms with van der Waals surface area (Å²) in [4.78, 5) is 24.2. The maximum atomic E-state index is 5.79. The number of rotatable bonds is 6. The van der Waals surface area contributed by atoms with E-state index in [4.69, 9.17) is 26.0 Å². The third-order valence-corrected chi connectivity index (χ3v) is 3.26. The molecule has 0 amide bonds. The van der Waals surface area contributed by atoms with Gasteiger partial charge in [-0.2, -0.15) is 29.9 Å². The Morgan fingerprint density at radius 3 is 2.11 bits per heavy atom. The van der Waals surface area contributed by atoms with Crippen molar-refractivity contribution in [3.8, 4) is 0 Å². The predicted octanol–water partition coefficient (Wildman–Crippen LogP) is 0.898. The molecule has 142 valence electrons. The molecule has 0 spiro atoms. The molecular weight excluding hydrogens is 368 g/mol. The van der Waals surface area contributed by atoms with Crippen molar-refractivity contribution >= 4 is 47.1 Å². The minimum atomic E-state index is -0.0599. The lowest BCUT2D eigenvalue weighted by atomic mass is 10.5. The van der Waals surface area contributed by atoms with Crippen molar-refractivity contribution in [2.45, 2.75) is 0 Å². The number of nitrogens with two attached hydrogens (primary N) is 3. The van der Waals surface area contributed by atoms with Crippen LogP contribution in [0.15, 0.2) is 46.0 Å². The minimum absolute atomic E-state index is 0.0229. The smallest absolute Gasteiger partial charge is 0.256 e. The van der Waals surface area contributed by atoms with Gasteiger partial charge >= 0.3 is 0 Å². The first kappa shape index (κ1) is 16.8. The fourth-order valence-electron chi connectivity index (χ4n) is 2.17. The highest BCUT2D eigenvalue weighted by Gasteiger charge is 2.18. The molecule has 0 aromatic carbocycles. The third-order valence-electron chi connectivity index (χ3n) is 3.26. The highest BCUT2D eigenvalue weighted by atomic mass is 16.3. The van der Waals surface area contributed by atoms with E-state index in [2.05, 4.69) is 40.6 Å². The van der Waals surface area contributed by atoms with Crippen LogP contribution in [0.4, 0.5) is 47.1 Å². The fraction of sp³-hybridized carbons (Fsp3) is 0. The number of furan rings is 2. The molecule has 4 rings (SSSR count). The van der Waals surface area contributed by atoms with Crippen molar-refractivity contribution in [2.75, 3.05) is 33.0 Å². The van der Waals surface area contributed by atoms with Crippen LogP contribution in [-0.2, 0) is 0 Å². The van der Waals surface area contributed by atoms with E-state index in [1.807, 2.05) is 0 Å². The molecule has 4 heterocycles. The number of anilines is 8. The van der Waals surface area contributed by atoms with Crippen molar-refractivity contribution < 1.29 is 8.83 Å². The van der Waals surface area contributed by atoms with Crippen molar-refractivity contribution in [3.63, 3.8) is 0 Å². The molecule has 14 nitrogen and oxygen atoms in total. The van der Waals surface area contributed by atoms with Gasteiger partial charge in [0.2, 0.25) is 29.7 Å². The fourth-order valence-corrected chi connectivity index (χ4v) is 2.17. The highest BCUT2D eigenvalue weighted by Crippen LogP contribution is 2.24. The van der Waals surface area contributed by atoms with E-state index in [9.17, 15) is 0 Å². The van der Waals surface area contributed by atoms with Gasteiger partial charge in [-0.05, 0) is 6.07 Å². The summed E-state index contributed by atoms with van der Waals surface area (Å²) in [6.45, 7) is 0. The second kappa shape index (κ2) is 6.94. The first-order chi connectivity index (χ1) is 13.6. The summed E-state index contributed by atoms with van der Waals surface area (Å²) < 4.78 is 10.1. The van der Waals surface area contributed by atoms with Crippen molar-refractivity contribution in [3.05, 3.63) is 37.2 Å². The van der Waals surface area contributed by atoms with Crippen molar-refractivity contribution in [2.24, 2.45) is 0 Å². The molecule has 4 aromatic rings. The summed E-state index contributed by atoms with van der Waals surface area (Å²) in [5, 5.41) is 4.33. The normalized spacial score (nSPS) is 10.6. The van der Waals surface area contributed by atoms with Crippen LogP contribution in [0, 0.1) is 0 Å². The summed E-state index contributed by atoms with van der Waals surface area (Å²) in [7, 11) is 0. The summed E-state index contributed by atoms with van der Waals surface area (Å²) in [5.74, 6) is 0.237. The standard InChI is InChI=1S/C14H14N12O2/c15-9-19-10(16)23-14(22-9)26(8-2-4-28-6-8)25-13-21-11(17)20-12(24-13)18-7-1-3-27-5-7/h1-6H,(H4,15,16,19,22,23)(H4,17,18,20,21,24,25). The Balaban J connectivity index is 1.68. The Hall–Kier alpha value is -4.62. The van der Waals surface area contributed by atoms with Crippen LogP contribution >= 0.6 is 0 Å². The Morgan fingerprint density at radius 2 is 1.43 bits per heavy atom. The number of aromatic nitrogens is 6. The number of nitrogens with one attached hydrogen (secondary N) is 2. The van der Waals surface area contributed by atoms with Gasteiger partial charge in [0.25, 0.3) is 5.95 Å². The number of hydrogen-bond donors (Lipinski definition) is 5. The molecule has 0 aliphatic rings. The summed E-state index contributed by atoms with van der Waals surface area (Å²) in [5.41, 5.74) is 21.2. The number of nitrogen functional groups attached to an aromatic ring is 3. The van der Waals surface area contributed by atoms with Gasteiger partial charge < -0.3 is 31.4 Å². The van der Waals surface area contributed by atoms with Crippen molar-refractivity contribution in [1.29, 1.82) is 0 Å². The molecule has 0 unspecified atom stereocenters. The van der Waals surface area contributed by atoms with Crippen LogP contribution < -0.4 is 33.0 Å². The predicted molar refractivity (Wildman–Crippen MR) is 99.4 cm³/mol. The van der Waals surface area contributed by atoms with Crippen LogP contribution in [0.2, 0.25) is 0 Å². The topological polar surface area (TPSA) is 209 Å². The highest BCUT2D eigenvalue weighted by molar-refractivity contribution is 5.62. The van der Waals surface area contributed by atoms with Gasteiger partial charge in [0.05, 0.1) is 18.2 Å². The molecule has 0 bridgehead atoms. The molecule has 8 N–H and O–H groups in total. The van der Waals surface area contributed by atoms with Crippen LogP contribution in [-0.4, -0.2) is 29.9 Å². The van der Waals surface area contributed by atoms with E-state index in [1.165, 1.54) is 30.1 Å². The molecule has 0 saturated heterocycles. The van der Waals surface area contributed by atoms with E-state index in [0.29, 0.717) is 11.4 Å². The lowest BCUT2D eigenvalue weighted by Gasteiger charge is -2.21. The van der Waals surface area contributed by atoms with E-state index >= 15 is 0 Å². The monoisotopic (exact) mass is 382 g/mol. The molecule has 28 heavy (non-hydrogen) atoms. The molecule has 14 heteroatoms. The zero-order valence-corrected chi connectivity index (χ0v) is 14.1. The van der Waals surface area contributed by atoms with Gasteiger partial charge in [-0.1, -0.05) is 0 Å². The van der Waals surface area contributed by atoms with Gasteiger partial charge in [0, 0.05) is 6.07 Å². The van der Waals surface area contributed by atoms with E-state index in [0.717, 1.165) is 0 Å². The Bertz CT molecular complexity index is 1050. The lowest BCUT2D eigenvalue weighted by Crippen LogP contribution is -2.28. The van der Waals surface area contributed by atoms with Crippen LogP contribution in [0.25, 0.3) is 0 Å². The van der Waals surface area contributed by atoms with Gasteiger partial charge in [-0.25, -0.2) is 5.01 Å². The average molecular weight is 382 g/mol. The lowest BCUT2D eigenvalue weighted by molar-refractivity contribution is 0.567. The van der Waals surface area contributed by atoms with Gasteiger partial charge in [-0.3, -0.25) is 5.43 Å². The molecule has 0 atom stereocenters. The second-order valence-corrected chi connectivity index (χ2v) is 5.26. The maximum absolute atomic E-state index is 5.79. The van der Waals surface area contributed by atoms with E-state index < -0.39 is 0 Å². The van der Waals surface area contributed by atoms with Gasteiger partial charge in [-0.15, -0.1) is 0 Å². The molecule has 0 radical (unpaired) electrons. The number of nitrogens with zero attached hydrogens (tertiary/aromatic N) is 7. The summed E-state index contributed by atoms with van der Waals surface area (Å²) in [6.07, 6.45) is 5.90. The Morgan fingerprint density at radius 1 is 0.750 bits per heavy atom. The molecule has 4 aromatic heterocycles. The summed E-state index contributed by atoms with van der Waals surface area (Å²) >= 11 is 0. The zero-order valence-electron chi connectivity index (χ0n) is 14.1. The van der Waals surface area contributed by atoms with Crippen LogP contribution in [0.1, 0.15) is 0 Å². The zero-order chi connectivity index (χ0) is 19.5. The average Bonchev–Trinajstić information content (AvgIpc) is 3.32. The summed E-state index contributed by atoms with van der Waals surface area (Å²) in [6, 6.07) is 3.35. The van der Waals surface area contributed by atoms with Crippen LogP contribution in [0.3, 0.4) is 0 Å². The second-order valence-electron chi connectivity index (χ2n) is 5.26. The van der Waals surface area contributed by atoms with Crippen molar-refractivity contribution in [1.82, 2.24) is 29.9 Å². The number of hydrazine groups is 1. The Kier molecular flexibility index (Phi) is 4.17. The SMILES string of the molecule is Nc1nc(Nc2ccoc2)nc(NN(c2ccoc2)c2nc(N)nc(N)n2)n1. The largest absolute Gasteiger partial charge is 0.470 e.